The molecule has 0 saturated carbocycles. The quantitative estimate of drug-likeness (QED) is 0.538. The van der Waals surface area contributed by atoms with Gasteiger partial charge in [-0.15, -0.1) is 0 Å². The minimum atomic E-state index is -0.404. The molecule has 0 aliphatic carbocycles. The number of benzene rings is 1. The molecule has 3 heteroatoms. The van der Waals surface area contributed by atoms with E-state index in [0.717, 1.165) is 24.5 Å². The van der Waals surface area contributed by atoms with E-state index < -0.39 is 5.24 Å². The average molecular weight is 295 g/mol. The van der Waals surface area contributed by atoms with Gasteiger partial charge in [-0.1, -0.05) is 44.7 Å². The largest absolute Gasteiger partial charge is 0.374 e. The average Bonchev–Trinajstić information content (AvgIpc) is 2.48. The lowest BCUT2D eigenvalue weighted by Crippen LogP contribution is -2.20. The van der Waals surface area contributed by atoms with Gasteiger partial charge in [0.25, 0.3) is 5.24 Å². The minimum Gasteiger partial charge on any atom is -0.374 e. The molecule has 1 aliphatic heterocycles. The van der Waals surface area contributed by atoms with E-state index in [1.54, 1.807) is 12.1 Å². The summed E-state index contributed by atoms with van der Waals surface area (Å²) in [4.78, 5) is 11.1. The lowest BCUT2D eigenvalue weighted by atomic mass is 9.88. The van der Waals surface area contributed by atoms with Gasteiger partial charge in [0, 0.05) is 12.2 Å². The van der Waals surface area contributed by atoms with Crippen LogP contribution in [0.5, 0.6) is 0 Å². The van der Waals surface area contributed by atoms with Crippen molar-refractivity contribution in [3.63, 3.8) is 0 Å². The van der Waals surface area contributed by atoms with Crippen LogP contribution in [0.25, 0.3) is 0 Å². The summed E-state index contributed by atoms with van der Waals surface area (Å²) in [5.74, 6) is 0.773. The molecule has 20 heavy (non-hydrogen) atoms. The van der Waals surface area contributed by atoms with Crippen molar-refractivity contribution in [2.75, 3.05) is 6.61 Å². The maximum atomic E-state index is 11.1. The third-order valence-corrected chi connectivity index (χ3v) is 4.34. The summed E-state index contributed by atoms with van der Waals surface area (Å²) in [6.07, 6.45) is 7.69. The summed E-state index contributed by atoms with van der Waals surface area (Å²) >= 11 is 5.47. The van der Waals surface area contributed by atoms with Gasteiger partial charge in [-0.25, -0.2) is 0 Å². The number of unbranched alkanes of at least 4 members (excludes halogenated alkanes) is 2. The third kappa shape index (κ3) is 4.32. The monoisotopic (exact) mass is 294 g/mol. The Balaban J connectivity index is 1.92. The molecule has 1 fully saturated rings. The van der Waals surface area contributed by atoms with Gasteiger partial charge in [0.2, 0.25) is 0 Å². The summed E-state index contributed by atoms with van der Waals surface area (Å²) in [7, 11) is 0. The standard InChI is InChI=1S/C17H23ClO2/c1-2-3-4-5-13-10-11-20-16(12-13)14-6-8-15(9-7-14)17(18)19/h6-9,13,16H,2-5,10-12H2,1H3. The van der Waals surface area contributed by atoms with E-state index in [2.05, 4.69) is 6.92 Å². The summed E-state index contributed by atoms with van der Waals surface area (Å²) in [6.45, 7) is 3.09. The van der Waals surface area contributed by atoms with Crippen LogP contribution in [-0.2, 0) is 4.74 Å². The van der Waals surface area contributed by atoms with E-state index in [1.165, 1.54) is 32.1 Å². The second-order valence-electron chi connectivity index (χ2n) is 5.64. The van der Waals surface area contributed by atoms with Gasteiger partial charge >= 0.3 is 0 Å². The highest BCUT2D eigenvalue weighted by Crippen LogP contribution is 2.34. The molecule has 2 nitrogen and oxygen atoms in total. The fourth-order valence-corrected chi connectivity index (χ4v) is 3.00. The Morgan fingerprint density at radius 3 is 2.70 bits per heavy atom. The van der Waals surface area contributed by atoms with Crippen LogP contribution < -0.4 is 0 Å². The molecule has 1 aliphatic rings. The molecule has 0 spiro atoms. The van der Waals surface area contributed by atoms with Crippen LogP contribution in [0, 0.1) is 5.92 Å². The molecule has 2 unspecified atom stereocenters. The highest BCUT2D eigenvalue weighted by molar-refractivity contribution is 6.67. The van der Waals surface area contributed by atoms with Crippen molar-refractivity contribution in [2.24, 2.45) is 5.92 Å². The van der Waals surface area contributed by atoms with E-state index in [9.17, 15) is 4.79 Å². The molecule has 1 aromatic carbocycles. The number of carbonyl (C=O) groups excluding carboxylic acids is 1. The first kappa shape index (κ1) is 15.5. The van der Waals surface area contributed by atoms with Gasteiger partial charge < -0.3 is 4.74 Å². The molecule has 1 saturated heterocycles. The van der Waals surface area contributed by atoms with Crippen molar-refractivity contribution in [2.45, 2.75) is 51.6 Å². The fraction of sp³-hybridized carbons (Fsp3) is 0.588. The Labute approximate surface area is 126 Å². The first-order chi connectivity index (χ1) is 9.70. The van der Waals surface area contributed by atoms with E-state index in [1.807, 2.05) is 12.1 Å². The highest BCUT2D eigenvalue weighted by atomic mass is 35.5. The van der Waals surface area contributed by atoms with E-state index in [0.29, 0.717) is 5.56 Å². The number of rotatable bonds is 6. The molecule has 2 rings (SSSR count). The van der Waals surface area contributed by atoms with Crippen LogP contribution in [0.15, 0.2) is 24.3 Å². The molecular formula is C17H23ClO2. The molecule has 1 aromatic rings. The maximum absolute atomic E-state index is 11.1. The zero-order chi connectivity index (χ0) is 14.4. The van der Waals surface area contributed by atoms with E-state index >= 15 is 0 Å². The number of carbonyl (C=O) groups is 1. The number of ether oxygens (including phenoxy) is 1. The van der Waals surface area contributed by atoms with Crippen molar-refractivity contribution in [1.29, 1.82) is 0 Å². The normalized spacial score (nSPS) is 22.7. The SMILES string of the molecule is CCCCCC1CCOC(c2ccc(C(=O)Cl)cc2)C1. The molecule has 110 valence electrons. The molecular weight excluding hydrogens is 272 g/mol. The highest BCUT2D eigenvalue weighted by Gasteiger charge is 2.23. The van der Waals surface area contributed by atoms with Crippen molar-refractivity contribution < 1.29 is 9.53 Å². The fourth-order valence-electron chi connectivity index (χ4n) is 2.87. The smallest absolute Gasteiger partial charge is 0.252 e. The third-order valence-electron chi connectivity index (χ3n) is 4.12. The van der Waals surface area contributed by atoms with Crippen molar-refractivity contribution in [3.05, 3.63) is 35.4 Å². The predicted octanol–water partition coefficient (Wildman–Crippen LogP) is 5.11. The van der Waals surface area contributed by atoms with Gasteiger partial charge in [-0.05, 0) is 48.1 Å². The van der Waals surface area contributed by atoms with Gasteiger partial charge in [-0.2, -0.15) is 0 Å². The molecule has 0 radical (unpaired) electrons. The summed E-state index contributed by atoms with van der Waals surface area (Å²) < 4.78 is 5.88. The van der Waals surface area contributed by atoms with Crippen LogP contribution in [0.1, 0.15) is 67.5 Å². The zero-order valence-corrected chi connectivity index (χ0v) is 12.9. The van der Waals surface area contributed by atoms with Gasteiger partial charge in [-0.3, -0.25) is 4.79 Å². The van der Waals surface area contributed by atoms with Crippen LogP contribution in [0.2, 0.25) is 0 Å². The Morgan fingerprint density at radius 1 is 1.30 bits per heavy atom. The van der Waals surface area contributed by atoms with Gasteiger partial charge in [0.1, 0.15) is 0 Å². The Bertz CT molecular complexity index is 427. The molecule has 0 bridgehead atoms. The van der Waals surface area contributed by atoms with Crippen LogP contribution >= 0.6 is 11.6 Å². The molecule has 0 aromatic heterocycles. The predicted molar refractivity (Wildman–Crippen MR) is 82.2 cm³/mol. The van der Waals surface area contributed by atoms with Crippen molar-refractivity contribution in [3.8, 4) is 0 Å². The van der Waals surface area contributed by atoms with E-state index in [-0.39, 0.29) is 6.10 Å². The summed E-state index contributed by atoms with van der Waals surface area (Å²) in [6, 6.07) is 7.51. The topological polar surface area (TPSA) is 26.3 Å². The zero-order valence-electron chi connectivity index (χ0n) is 12.1. The van der Waals surface area contributed by atoms with Crippen LogP contribution in [-0.4, -0.2) is 11.8 Å². The molecule has 0 N–H and O–H groups in total. The second-order valence-corrected chi connectivity index (χ2v) is 5.98. The molecule has 0 amide bonds. The Morgan fingerprint density at radius 2 is 2.05 bits per heavy atom. The van der Waals surface area contributed by atoms with Gasteiger partial charge in [0.05, 0.1) is 6.10 Å². The van der Waals surface area contributed by atoms with E-state index in [4.69, 9.17) is 16.3 Å². The molecule has 1 heterocycles. The lowest BCUT2D eigenvalue weighted by molar-refractivity contribution is -0.0125. The van der Waals surface area contributed by atoms with Crippen LogP contribution in [0.4, 0.5) is 0 Å². The summed E-state index contributed by atoms with van der Waals surface area (Å²) in [5.41, 5.74) is 1.71. The van der Waals surface area contributed by atoms with Crippen LogP contribution in [0.3, 0.4) is 0 Å². The minimum absolute atomic E-state index is 0.176. The maximum Gasteiger partial charge on any atom is 0.252 e. The lowest BCUT2D eigenvalue weighted by Gasteiger charge is -2.30. The number of hydrogen-bond acceptors (Lipinski definition) is 2. The van der Waals surface area contributed by atoms with Crippen molar-refractivity contribution in [1.82, 2.24) is 0 Å². The number of hydrogen-bond donors (Lipinski definition) is 0. The Hall–Kier alpha value is -0.860. The first-order valence-electron chi connectivity index (χ1n) is 7.62. The summed E-state index contributed by atoms with van der Waals surface area (Å²) in [5, 5.41) is -0.404. The van der Waals surface area contributed by atoms with Crippen molar-refractivity contribution >= 4 is 16.8 Å². The first-order valence-corrected chi connectivity index (χ1v) is 8.00. The molecule has 2 atom stereocenters. The second kappa shape index (κ2) is 7.80. The Kier molecular flexibility index (Phi) is 6.06. The number of halogens is 1. The van der Waals surface area contributed by atoms with Gasteiger partial charge in [0.15, 0.2) is 0 Å².